The maximum Gasteiger partial charge on any atom is 0.324 e. The number of hydrazine groups is 1. The van der Waals surface area contributed by atoms with E-state index in [0.29, 0.717) is 19.6 Å². The Morgan fingerprint density at radius 3 is 2.93 bits per heavy atom. The Bertz CT molecular complexity index is 243. The number of nitrogens with zero attached hydrogens (tertiary/aromatic N) is 1. The minimum Gasteiger partial charge on any atom is -0.464 e. The molecule has 1 amide bonds. The van der Waals surface area contributed by atoms with Crippen molar-refractivity contribution in [3.05, 3.63) is 0 Å². The van der Waals surface area contributed by atoms with Crippen molar-refractivity contribution >= 4 is 11.9 Å². The van der Waals surface area contributed by atoms with Gasteiger partial charge in [0.05, 0.1) is 6.61 Å². The van der Waals surface area contributed by atoms with Crippen LogP contribution in [0.3, 0.4) is 0 Å². The molecule has 1 rings (SSSR count). The largest absolute Gasteiger partial charge is 0.464 e. The molecule has 1 atom stereocenters. The number of unbranched alkanes of at least 4 members (excludes halogenated alkanes) is 1. The smallest absolute Gasteiger partial charge is 0.324 e. The standard InChI is InChI=1S/C10H18N2O3/c1-3-4-7-15-10(14)8(2)12-6-5-9(13)11-12/h8H,3-7H2,1-2H3,(H,11,13). The summed E-state index contributed by atoms with van der Waals surface area (Å²) in [4.78, 5) is 22.4. The van der Waals surface area contributed by atoms with Crippen LogP contribution in [-0.4, -0.2) is 36.1 Å². The second-order valence-electron chi connectivity index (χ2n) is 3.68. The SMILES string of the molecule is CCCCOC(=O)C(C)N1CCC(=O)N1. The molecule has 0 aromatic heterocycles. The lowest BCUT2D eigenvalue weighted by Crippen LogP contribution is -2.45. The minimum absolute atomic E-state index is 0.0387. The fourth-order valence-electron chi connectivity index (χ4n) is 1.35. The van der Waals surface area contributed by atoms with Crippen molar-refractivity contribution in [3.8, 4) is 0 Å². The molecular weight excluding hydrogens is 196 g/mol. The predicted molar refractivity (Wildman–Crippen MR) is 54.8 cm³/mol. The molecule has 1 N–H and O–H groups in total. The Labute approximate surface area is 89.7 Å². The van der Waals surface area contributed by atoms with Crippen LogP contribution in [0.5, 0.6) is 0 Å². The van der Waals surface area contributed by atoms with Gasteiger partial charge in [-0.2, -0.15) is 0 Å². The fourth-order valence-corrected chi connectivity index (χ4v) is 1.35. The van der Waals surface area contributed by atoms with E-state index < -0.39 is 6.04 Å². The summed E-state index contributed by atoms with van der Waals surface area (Å²) in [6.45, 7) is 4.81. The molecule has 1 fully saturated rings. The highest BCUT2D eigenvalue weighted by molar-refractivity contribution is 5.80. The molecule has 1 aliphatic rings. The number of amides is 1. The van der Waals surface area contributed by atoms with Crippen molar-refractivity contribution in [2.24, 2.45) is 0 Å². The molecule has 15 heavy (non-hydrogen) atoms. The number of esters is 1. The van der Waals surface area contributed by atoms with Crippen molar-refractivity contribution in [2.45, 2.75) is 39.2 Å². The summed E-state index contributed by atoms with van der Waals surface area (Å²) < 4.78 is 5.06. The zero-order chi connectivity index (χ0) is 11.3. The second-order valence-corrected chi connectivity index (χ2v) is 3.68. The number of ether oxygens (including phenoxy) is 1. The Morgan fingerprint density at radius 2 is 2.40 bits per heavy atom. The molecule has 0 aliphatic carbocycles. The first-order valence-corrected chi connectivity index (χ1v) is 5.38. The first kappa shape index (κ1) is 12.0. The summed E-state index contributed by atoms with van der Waals surface area (Å²) in [5.41, 5.74) is 2.62. The van der Waals surface area contributed by atoms with E-state index in [4.69, 9.17) is 4.74 Å². The summed E-state index contributed by atoms with van der Waals surface area (Å²) in [7, 11) is 0. The van der Waals surface area contributed by atoms with E-state index in [0.717, 1.165) is 12.8 Å². The number of hydrogen-bond acceptors (Lipinski definition) is 4. The monoisotopic (exact) mass is 214 g/mol. The first-order valence-electron chi connectivity index (χ1n) is 5.38. The number of rotatable bonds is 5. The van der Waals surface area contributed by atoms with Crippen LogP contribution in [0.2, 0.25) is 0 Å². The van der Waals surface area contributed by atoms with E-state index in [1.165, 1.54) is 0 Å². The van der Waals surface area contributed by atoms with Gasteiger partial charge in [-0.1, -0.05) is 13.3 Å². The Hall–Kier alpha value is -1.10. The quantitative estimate of drug-likeness (QED) is 0.533. The fraction of sp³-hybridized carbons (Fsp3) is 0.800. The molecule has 0 saturated carbocycles. The van der Waals surface area contributed by atoms with Gasteiger partial charge >= 0.3 is 5.97 Å². The van der Waals surface area contributed by atoms with E-state index in [1.807, 2.05) is 6.92 Å². The van der Waals surface area contributed by atoms with Gasteiger partial charge in [-0.05, 0) is 13.3 Å². The van der Waals surface area contributed by atoms with Gasteiger partial charge in [0, 0.05) is 13.0 Å². The molecule has 0 aromatic carbocycles. The third-order valence-electron chi connectivity index (χ3n) is 2.40. The molecule has 1 unspecified atom stereocenters. The average Bonchev–Trinajstić information content (AvgIpc) is 2.64. The van der Waals surface area contributed by atoms with E-state index in [2.05, 4.69) is 5.43 Å². The molecule has 0 radical (unpaired) electrons. The van der Waals surface area contributed by atoms with Crippen molar-refractivity contribution < 1.29 is 14.3 Å². The Morgan fingerprint density at radius 1 is 1.67 bits per heavy atom. The highest BCUT2D eigenvalue weighted by Crippen LogP contribution is 2.06. The van der Waals surface area contributed by atoms with Crippen molar-refractivity contribution in [2.75, 3.05) is 13.2 Å². The Balaban J connectivity index is 2.29. The molecule has 0 aromatic rings. The van der Waals surface area contributed by atoms with Gasteiger partial charge in [-0.15, -0.1) is 0 Å². The van der Waals surface area contributed by atoms with Gasteiger partial charge in [0.2, 0.25) is 5.91 Å². The lowest BCUT2D eigenvalue weighted by atomic mass is 10.3. The number of carbonyl (C=O) groups excluding carboxylic acids is 2. The Kier molecular flexibility index (Phi) is 4.55. The van der Waals surface area contributed by atoms with E-state index >= 15 is 0 Å². The normalized spacial score (nSPS) is 18.7. The van der Waals surface area contributed by atoms with Crippen LogP contribution in [0.1, 0.15) is 33.1 Å². The maximum absolute atomic E-state index is 11.5. The van der Waals surface area contributed by atoms with Crippen molar-refractivity contribution in [1.82, 2.24) is 10.4 Å². The van der Waals surface area contributed by atoms with Gasteiger partial charge in [0.1, 0.15) is 6.04 Å². The van der Waals surface area contributed by atoms with E-state index in [1.54, 1.807) is 11.9 Å². The maximum atomic E-state index is 11.5. The van der Waals surface area contributed by atoms with Crippen LogP contribution in [-0.2, 0) is 14.3 Å². The third-order valence-corrected chi connectivity index (χ3v) is 2.40. The number of hydrogen-bond donors (Lipinski definition) is 1. The van der Waals surface area contributed by atoms with E-state index in [-0.39, 0.29) is 11.9 Å². The van der Waals surface area contributed by atoms with Gasteiger partial charge in [0.15, 0.2) is 0 Å². The summed E-state index contributed by atoms with van der Waals surface area (Å²) in [5, 5.41) is 1.62. The lowest BCUT2D eigenvalue weighted by Gasteiger charge is -2.21. The van der Waals surface area contributed by atoms with Crippen molar-refractivity contribution in [3.63, 3.8) is 0 Å². The molecule has 0 bridgehead atoms. The zero-order valence-electron chi connectivity index (χ0n) is 9.28. The summed E-state index contributed by atoms with van der Waals surface area (Å²) in [5.74, 6) is -0.311. The average molecular weight is 214 g/mol. The number of carbonyl (C=O) groups is 2. The van der Waals surface area contributed by atoms with Crippen molar-refractivity contribution in [1.29, 1.82) is 0 Å². The molecule has 0 spiro atoms. The lowest BCUT2D eigenvalue weighted by molar-refractivity contribution is -0.150. The van der Waals surface area contributed by atoms with Gasteiger partial charge < -0.3 is 4.74 Å². The molecule has 5 nitrogen and oxygen atoms in total. The second kappa shape index (κ2) is 5.70. The van der Waals surface area contributed by atoms with Crippen LogP contribution < -0.4 is 5.43 Å². The third kappa shape index (κ3) is 3.51. The molecule has 1 aliphatic heterocycles. The van der Waals surface area contributed by atoms with Crippen LogP contribution in [0, 0.1) is 0 Å². The molecule has 86 valence electrons. The predicted octanol–water partition coefficient (Wildman–Crippen LogP) is 0.455. The first-order chi connectivity index (χ1) is 7.15. The topological polar surface area (TPSA) is 58.6 Å². The van der Waals surface area contributed by atoms with Crippen LogP contribution >= 0.6 is 0 Å². The van der Waals surface area contributed by atoms with E-state index in [9.17, 15) is 9.59 Å². The minimum atomic E-state index is -0.395. The van der Waals surface area contributed by atoms with Gasteiger partial charge in [-0.3, -0.25) is 15.0 Å². The van der Waals surface area contributed by atoms with Crippen LogP contribution in [0.25, 0.3) is 0 Å². The number of nitrogens with one attached hydrogen (secondary N) is 1. The summed E-state index contributed by atoms with van der Waals surface area (Å²) >= 11 is 0. The molecule has 5 heteroatoms. The molecule has 1 saturated heterocycles. The van der Waals surface area contributed by atoms with Gasteiger partial charge in [-0.25, -0.2) is 5.01 Å². The zero-order valence-corrected chi connectivity index (χ0v) is 9.28. The van der Waals surface area contributed by atoms with Gasteiger partial charge in [0.25, 0.3) is 0 Å². The van der Waals surface area contributed by atoms with Crippen LogP contribution in [0.15, 0.2) is 0 Å². The highest BCUT2D eigenvalue weighted by atomic mass is 16.5. The molecular formula is C10H18N2O3. The summed E-state index contributed by atoms with van der Waals surface area (Å²) in [6, 6.07) is -0.395. The summed E-state index contributed by atoms with van der Waals surface area (Å²) in [6.07, 6.45) is 2.33. The highest BCUT2D eigenvalue weighted by Gasteiger charge is 2.28. The molecule has 1 heterocycles. The van der Waals surface area contributed by atoms with Crippen LogP contribution in [0.4, 0.5) is 0 Å².